The van der Waals surface area contributed by atoms with Gasteiger partial charge in [0.15, 0.2) is 0 Å². The topological polar surface area (TPSA) is 88.1 Å². The second-order valence-corrected chi connectivity index (χ2v) is 8.57. The predicted molar refractivity (Wildman–Crippen MR) is 128 cm³/mol. The van der Waals surface area contributed by atoms with Crippen LogP contribution in [0.15, 0.2) is 30.5 Å². The molecule has 3 heterocycles. The summed E-state index contributed by atoms with van der Waals surface area (Å²) >= 11 is 0. The van der Waals surface area contributed by atoms with Gasteiger partial charge in [-0.1, -0.05) is 0 Å². The number of aryl methyl sites for hydroxylation is 2. The van der Waals surface area contributed by atoms with Crippen LogP contribution in [0.4, 0.5) is 5.69 Å². The van der Waals surface area contributed by atoms with E-state index in [9.17, 15) is 4.79 Å². The molecule has 0 bridgehead atoms. The monoisotopic (exact) mass is 448 g/mol. The number of morpholine rings is 1. The van der Waals surface area contributed by atoms with Crippen molar-refractivity contribution in [3.8, 4) is 6.07 Å². The van der Waals surface area contributed by atoms with Crippen molar-refractivity contribution in [2.45, 2.75) is 46.2 Å². The molecule has 0 aliphatic carbocycles. The van der Waals surface area contributed by atoms with Crippen LogP contribution in [0.1, 0.15) is 29.8 Å². The zero-order valence-corrected chi connectivity index (χ0v) is 19.5. The molecule has 1 aliphatic heterocycles. The maximum atomic E-state index is 12.6. The van der Waals surface area contributed by atoms with Gasteiger partial charge in [0.25, 0.3) is 0 Å². The van der Waals surface area contributed by atoms with Gasteiger partial charge in [0, 0.05) is 61.1 Å². The fourth-order valence-corrected chi connectivity index (χ4v) is 4.48. The van der Waals surface area contributed by atoms with E-state index in [0.717, 1.165) is 67.4 Å². The second kappa shape index (κ2) is 10.6. The maximum absolute atomic E-state index is 12.6. The maximum Gasteiger partial charge on any atom is 0.224 e. The summed E-state index contributed by atoms with van der Waals surface area (Å²) in [5.74, 6) is -0.00956. The van der Waals surface area contributed by atoms with E-state index in [2.05, 4.69) is 44.3 Å². The van der Waals surface area contributed by atoms with E-state index in [-0.39, 0.29) is 5.91 Å². The van der Waals surface area contributed by atoms with E-state index in [1.54, 1.807) is 0 Å². The summed E-state index contributed by atoms with van der Waals surface area (Å²) in [7, 11) is 0. The summed E-state index contributed by atoms with van der Waals surface area (Å²) in [5, 5.41) is 17.5. The van der Waals surface area contributed by atoms with Crippen LogP contribution in [-0.4, -0.2) is 58.0 Å². The quantitative estimate of drug-likeness (QED) is 0.543. The summed E-state index contributed by atoms with van der Waals surface area (Å²) in [5.41, 5.74) is 5.05. The van der Waals surface area contributed by atoms with Gasteiger partial charge < -0.3 is 14.6 Å². The molecular formula is C25H32N6O2. The van der Waals surface area contributed by atoms with Crippen LogP contribution in [0, 0.1) is 25.2 Å². The molecule has 1 fully saturated rings. The van der Waals surface area contributed by atoms with Crippen molar-refractivity contribution < 1.29 is 9.53 Å². The molecule has 4 rings (SSSR count). The zero-order chi connectivity index (χ0) is 23.2. The standard InChI is InChI=1S/C25H32N6O2/c1-19-23(20(2)31(28-19)10-3-9-26)5-7-25(32)27-22-4-6-24-21(18-22)8-11-30(24)13-12-29-14-16-33-17-15-29/h4,6,8,11,18H,3,5,7,10,12-17H2,1-2H3,(H,27,32). The highest BCUT2D eigenvalue weighted by Gasteiger charge is 2.14. The van der Waals surface area contributed by atoms with Gasteiger partial charge in [0.05, 0.1) is 37.9 Å². The molecule has 8 heteroatoms. The number of hydrogen-bond acceptors (Lipinski definition) is 5. The van der Waals surface area contributed by atoms with Gasteiger partial charge in [-0.15, -0.1) is 0 Å². The summed E-state index contributed by atoms with van der Waals surface area (Å²) in [4.78, 5) is 15.0. The second-order valence-electron chi connectivity index (χ2n) is 8.57. The molecular weight excluding hydrogens is 416 g/mol. The molecule has 0 unspecified atom stereocenters. The molecule has 0 saturated carbocycles. The Labute approximate surface area is 194 Å². The summed E-state index contributed by atoms with van der Waals surface area (Å²) < 4.78 is 9.56. The minimum absolute atomic E-state index is 0.00956. The van der Waals surface area contributed by atoms with Crippen molar-refractivity contribution in [1.29, 1.82) is 5.26 Å². The lowest BCUT2D eigenvalue weighted by molar-refractivity contribution is -0.116. The number of carbonyl (C=O) groups excluding carboxylic acids is 1. The predicted octanol–water partition coefficient (Wildman–Crippen LogP) is 3.27. The number of nitrogens with one attached hydrogen (secondary N) is 1. The van der Waals surface area contributed by atoms with Crippen LogP contribution in [0.5, 0.6) is 0 Å². The first-order valence-corrected chi connectivity index (χ1v) is 11.6. The van der Waals surface area contributed by atoms with Crippen molar-refractivity contribution in [2.24, 2.45) is 0 Å². The van der Waals surface area contributed by atoms with Gasteiger partial charge in [0.2, 0.25) is 5.91 Å². The Morgan fingerprint density at radius 1 is 1.18 bits per heavy atom. The lowest BCUT2D eigenvalue weighted by Crippen LogP contribution is -2.38. The third kappa shape index (κ3) is 5.62. The Morgan fingerprint density at radius 2 is 2.00 bits per heavy atom. The fourth-order valence-electron chi connectivity index (χ4n) is 4.48. The third-order valence-corrected chi connectivity index (χ3v) is 6.38. The summed E-state index contributed by atoms with van der Waals surface area (Å²) in [6.45, 7) is 10.1. The molecule has 1 amide bonds. The number of carbonyl (C=O) groups is 1. The number of rotatable bonds is 9. The molecule has 1 saturated heterocycles. The van der Waals surface area contributed by atoms with Gasteiger partial charge >= 0.3 is 0 Å². The van der Waals surface area contributed by atoms with Crippen molar-refractivity contribution >= 4 is 22.5 Å². The minimum Gasteiger partial charge on any atom is -0.379 e. The van der Waals surface area contributed by atoms with Gasteiger partial charge in [0.1, 0.15) is 0 Å². The fraction of sp³-hybridized carbons (Fsp3) is 0.480. The first kappa shape index (κ1) is 23.0. The zero-order valence-electron chi connectivity index (χ0n) is 19.5. The number of nitriles is 1. The molecule has 1 N–H and O–H groups in total. The van der Waals surface area contributed by atoms with Gasteiger partial charge in [-0.3, -0.25) is 14.4 Å². The number of amides is 1. The average Bonchev–Trinajstić information content (AvgIpc) is 3.35. The van der Waals surface area contributed by atoms with Crippen LogP contribution in [0.3, 0.4) is 0 Å². The average molecular weight is 449 g/mol. The lowest BCUT2D eigenvalue weighted by Gasteiger charge is -2.26. The molecule has 174 valence electrons. The van der Waals surface area contributed by atoms with Crippen LogP contribution < -0.4 is 5.32 Å². The summed E-state index contributed by atoms with van der Waals surface area (Å²) in [6.07, 6.45) is 3.58. The van der Waals surface area contributed by atoms with Crippen LogP contribution in [0.2, 0.25) is 0 Å². The highest BCUT2D eigenvalue weighted by atomic mass is 16.5. The third-order valence-electron chi connectivity index (χ3n) is 6.38. The number of hydrogen-bond donors (Lipinski definition) is 1. The number of fused-ring (bicyclic) bond motifs is 1. The first-order chi connectivity index (χ1) is 16.0. The number of aromatic nitrogens is 3. The minimum atomic E-state index is -0.00956. The summed E-state index contributed by atoms with van der Waals surface area (Å²) in [6, 6.07) is 10.3. The molecule has 0 spiro atoms. The van der Waals surface area contributed by atoms with E-state index < -0.39 is 0 Å². The largest absolute Gasteiger partial charge is 0.379 e. The number of anilines is 1. The number of benzene rings is 1. The molecule has 8 nitrogen and oxygen atoms in total. The van der Waals surface area contributed by atoms with E-state index in [1.165, 1.54) is 5.52 Å². The first-order valence-electron chi connectivity index (χ1n) is 11.6. The van der Waals surface area contributed by atoms with Crippen LogP contribution in [-0.2, 0) is 29.0 Å². The van der Waals surface area contributed by atoms with E-state index in [0.29, 0.717) is 25.8 Å². The Morgan fingerprint density at radius 3 is 2.79 bits per heavy atom. The van der Waals surface area contributed by atoms with Crippen molar-refractivity contribution in [3.05, 3.63) is 47.4 Å². The van der Waals surface area contributed by atoms with E-state index in [4.69, 9.17) is 10.00 Å². The highest BCUT2D eigenvalue weighted by molar-refractivity contribution is 5.94. The van der Waals surface area contributed by atoms with Crippen molar-refractivity contribution in [3.63, 3.8) is 0 Å². The Kier molecular flexibility index (Phi) is 7.43. The number of nitrogens with zero attached hydrogens (tertiary/aromatic N) is 5. The Hall–Kier alpha value is -3.15. The van der Waals surface area contributed by atoms with E-state index in [1.807, 2.05) is 30.7 Å². The SMILES string of the molecule is Cc1nn(CCC#N)c(C)c1CCC(=O)Nc1ccc2c(ccn2CCN2CCOCC2)c1. The van der Waals surface area contributed by atoms with Gasteiger partial charge in [-0.2, -0.15) is 10.4 Å². The lowest BCUT2D eigenvalue weighted by atomic mass is 10.1. The molecule has 2 aromatic heterocycles. The Bertz CT molecular complexity index is 1150. The highest BCUT2D eigenvalue weighted by Crippen LogP contribution is 2.22. The molecule has 1 aromatic carbocycles. The van der Waals surface area contributed by atoms with E-state index >= 15 is 0 Å². The van der Waals surface area contributed by atoms with Gasteiger partial charge in [-0.25, -0.2) is 0 Å². The van der Waals surface area contributed by atoms with Crippen LogP contribution in [0.25, 0.3) is 10.9 Å². The van der Waals surface area contributed by atoms with Crippen molar-refractivity contribution in [1.82, 2.24) is 19.2 Å². The molecule has 3 aromatic rings. The smallest absolute Gasteiger partial charge is 0.224 e. The Balaban J connectivity index is 1.33. The molecule has 0 atom stereocenters. The van der Waals surface area contributed by atoms with Crippen molar-refractivity contribution in [2.75, 3.05) is 38.2 Å². The number of ether oxygens (including phenoxy) is 1. The molecule has 0 radical (unpaired) electrons. The molecule has 1 aliphatic rings. The molecule has 33 heavy (non-hydrogen) atoms. The normalized spacial score (nSPS) is 14.5. The van der Waals surface area contributed by atoms with Gasteiger partial charge in [-0.05, 0) is 50.1 Å². The van der Waals surface area contributed by atoms with Crippen LogP contribution >= 0.6 is 0 Å².